The number of ether oxygens (including phenoxy) is 1. The quantitative estimate of drug-likeness (QED) is 0.797. The molecule has 2 fully saturated rings. The Bertz CT molecular complexity index is 246. The molecule has 2 aliphatic rings. The summed E-state index contributed by atoms with van der Waals surface area (Å²) in [7, 11) is 1.93. The molecule has 0 spiro atoms. The van der Waals surface area contributed by atoms with E-state index in [1.54, 1.807) is 0 Å². The van der Waals surface area contributed by atoms with Gasteiger partial charge in [-0.1, -0.05) is 12.8 Å². The SMILES string of the molecule is CN(CC1CCCC1)C(=O)CC1COCCN1. The molecule has 0 aromatic carbocycles. The Morgan fingerprint density at radius 1 is 1.41 bits per heavy atom. The Morgan fingerprint density at radius 3 is 2.82 bits per heavy atom. The van der Waals surface area contributed by atoms with Gasteiger partial charge in [0, 0.05) is 32.6 Å². The minimum Gasteiger partial charge on any atom is -0.378 e. The van der Waals surface area contributed by atoms with Crippen LogP contribution in [-0.2, 0) is 9.53 Å². The van der Waals surface area contributed by atoms with Crippen LogP contribution >= 0.6 is 0 Å². The number of carbonyl (C=O) groups excluding carboxylic acids is 1. The van der Waals surface area contributed by atoms with Gasteiger partial charge < -0.3 is 15.0 Å². The standard InChI is InChI=1S/C13H24N2O2/c1-15(9-11-4-2-3-5-11)13(16)8-12-10-17-7-6-14-12/h11-12,14H,2-10H2,1H3. The highest BCUT2D eigenvalue weighted by atomic mass is 16.5. The maximum atomic E-state index is 12.0. The third-order valence-corrected chi connectivity index (χ3v) is 3.85. The number of nitrogens with zero attached hydrogens (tertiary/aromatic N) is 1. The molecule has 4 nitrogen and oxygen atoms in total. The summed E-state index contributed by atoms with van der Waals surface area (Å²) in [6.45, 7) is 3.24. The molecule has 0 radical (unpaired) electrons. The second-order valence-corrected chi connectivity index (χ2v) is 5.35. The summed E-state index contributed by atoms with van der Waals surface area (Å²) in [5, 5.41) is 3.33. The van der Waals surface area contributed by atoms with Crippen molar-refractivity contribution in [2.75, 3.05) is 33.4 Å². The summed E-state index contributed by atoms with van der Waals surface area (Å²) in [4.78, 5) is 13.9. The van der Waals surface area contributed by atoms with Crippen LogP contribution in [0.25, 0.3) is 0 Å². The fraction of sp³-hybridized carbons (Fsp3) is 0.923. The first-order valence-electron chi connectivity index (χ1n) is 6.81. The molecule has 1 aliphatic carbocycles. The molecule has 1 saturated heterocycles. The number of carbonyl (C=O) groups is 1. The van der Waals surface area contributed by atoms with Gasteiger partial charge in [-0.2, -0.15) is 0 Å². The fourth-order valence-electron chi connectivity index (χ4n) is 2.80. The smallest absolute Gasteiger partial charge is 0.223 e. The molecule has 1 unspecified atom stereocenters. The second-order valence-electron chi connectivity index (χ2n) is 5.35. The molecule has 1 N–H and O–H groups in total. The third-order valence-electron chi connectivity index (χ3n) is 3.85. The molecule has 1 amide bonds. The molecule has 1 atom stereocenters. The van der Waals surface area contributed by atoms with Crippen molar-refractivity contribution in [2.45, 2.75) is 38.1 Å². The molecule has 0 bridgehead atoms. The minimum absolute atomic E-state index is 0.210. The van der Waals surface area contributed by atoms with Crippen molar-refractivity contribution in [2.24, 2.45) is 5.92 Å². The molecule has 4 heteroatoms. The van der Waals surface area contributed by atoms with E-state index in [9.17, 15) is 4.79 Å². The lowest BCUT2D eigenvalue weighted by atomic mass is 10.1. The van der Waals surface area contributed by atoms with E-state index in [-0.39, 0.29) is 11.9 Å². The van der Waals surface area contributed by atoms with Crippen molar-refractivity contribution in [1.29, 1.82) is 0 Å². The highest BCUT2D eigenvalue weighted by molar-refractivity contribution is 5.76. The molecule has 98 valence electrons. The number of morpholine rings is 1. The normalized spacial score (nSPS) is 26.1. The molecule has 0 aromatic rings. The molecule has 2 rings (SSSR count). The van der Waals surface area contributed by atoms with Crippen LogP contribution < -0.4 is 5.32 Å². The summed E-state index contributed by atoms with van der Waals surface area (Å²) < 4.78 is 5.36. The van der Waals surface area contributed by atoms with Crippen LogP contribution in [0.4, 0.5) is 0 Å². The molecule has 0 aromatic heterocycles. The Hall–Kier alpha value is -0.610. The first kappa shape index (κ1) is 12.8. The predicted octanol–water partition coefficient (Wildman–Crippen LogP) is 1.01. The lowest BCUT2D eigenvalue weighted by Gasteiger charge is -2.27. The van der Waals surface area contributed by atoms with E-state index in [0.29, 0.717) is 13.0 Å². The maximum absolute atomic E-state index is 12.0. The number of rotatable bonds is 4. The van der Waals surface area contributed by atoms with Crippen LogP contribution in [0.15, 0.2) is 0 Å². The van der Waals surface area contributed by atoms with E-state index in [1.807, 2.05) is 11.9 Å². The van der Waals surface area contributed by atoms with Gasteiger partial charge in [-0.05, 0) is 18.8 Å². The lowest BCUT2D eigenvalue weighted by Crippen LogP contribution is -2.45. The largest absolute Gasteiger partial charge is 0.378 e. The zero-order valence-corrected chi connectivity index (χ0v) is 10.8. The van der Waals surface area contributed by atoms with Crippen LogP contribution in [-0.4, -0.2) is 50.2 Å². The molecule has 17 heavy (non-hydrogen) atoms. The van der Waals surface area contributed by atoms with Gasteiger partial charge in [-0.25, -0.2) is 0 Å². The summed E-state index contributed by atoms with van der Waals surface area (Å²) >= 11 is 0. The fourth-order valence-corrected chi connectivity index (χ4v) is 2.80. The van der Waals surface area contributed by atoms with Gasteiger partial charge >= 0.3 is 0 Å². The number of nitrogens with one attached hydrogen (secondary N) is 1. The highest BCUT2D eigenvalue weighted by Crippen LogP contribution is 2.25. The number of amides is 1. The first-order chi connectivity index (χ1) is 8.25. The summed E-state index contributed by atoms with van der Waals surface area (Å²) in [6.07, 6.45) is 5.84. The van der Waals surface area contributed by atoms with Gasteiger partial charge in [0.05, 0.1) is 13.2 Å². The van der Waals surface area contributed by atoms with Gasteiger partial charge in [0.2, 0.25) is 5.91 Å². The van der Waals surface area contributed by atoms with Crippen molar-refractivity contribution >= 4 is 5.91 Å². The molecule has 1 heterocycles. The van der Waals surface area contributed by atoms with E-state index in [2.05, 4.69) is 5.32 Å². The number of hydrogen-bond acceptors (Lipinski definition) is 3. The van der Waals surface area contributed by atoms with E-state index < -0.39 is 0 Å². The van der Waals surface area contributed by atoms with E-state index >= 15 is 0 Å². The molecule has 1 aliphatic heterocycles. The van der Waals surface area contributed by atoms with Crippen LogP contribution in [0.1, 0.15) is 32.1 Å². The first-order valence-corrected chi connectivity index (χ1v) is 6.81. The average molecular weight is 240 g/mol. The monoisotopic (exact) mass is 240 g/mol. The Labute approximate surface area is 104 Å². The summed E-state index contributed by atoms with van der Waals surface area (Å²) in [5.74, 6) is 0.986. The second kappa shape index (κ2) is 6.36. The summed E-state index contributed by atoms with van der Waals surface area (Å²) in [6, 6.07) is 0.210. The molecular weight excluding hydrogens is 216 g/mol. The predicted molar refractivity (Wildman–Crippen MR) is 66.8 cm³/mol. The van der Waals surface area contributed by atoms with Gasteiger partial charge in [0.1, 0.15) is 0 Å². The van der Waals surface area contributed by atoms with E-state index in [4.69, 9.17) is 4.74 Å². The zero-order valence-electron chi connectivity index (χ0n) is 10.8. The van der Waals surface area contributed by atoms with Gasteiger partial charge in [0.15, 0.2) is 0 Å². The van der Waals surface area contributed by atoms with Gasteiger partial charge in [-0.3, -0.25) is 4.79 Å². The van der Waals surface area contributed by atoms with E-state index in [0.717, 1.165) is 25.6 Å². The Morgan fingerprint density at radius 2 is 2.18 bits per heavy atom. The topological polar surface area (TPSA) is 41.6 Å². The van der Waals surface area contributed by atoms with Crippen molar-refractivity contribution in [3.05, 3.63) is 0 Å². The van der Waals surface area contributed by atoms with Crippen molar-refractivity contribution in [3.8, 4) is 0 Å². The van der Waals surface area contributed by atoms with Crippen molar-refractivity contribution < 1.29 is 9.53 Å². The Balaban J connectivity index is 1.70. The van der Waals surface area contributed by atoms with Crippen LogP contribution in [0.3, 0.4) is 0 Å². The average Bonchev–Trinajstić information content (AvgIpc) is 2.83. The summed E-state index contributed by atoms with van der Waals surface area (Å²) in [5.41, 5.74) is 0. The van der Waals surface area contributed by atoms with Crippen LogP contribution in [0.5, 0.6) is 0 Å². The Kier molecular flexibility index (Phi) is 4.80. The zero-order chi connectivity index (χ0) is 12.1. The van der Waals surface area contributed by atoms with Crippen LogP contribution in [0.2, 0.25) is 0 Å². The van der Waals surface area contributed by atoms with Gasteiger partial charge in [-0.15, -0.1) is 0 Å². The maximum Gasteiger partial charge on any atom is 0.223 e. The highest BCUT2D eigenvalue weighted by Gasteiger charge is 2.22. The van der Waals surface area contributed by atoms with Gasteiger partial charge in [0.25, 0.3) is 0 Å². The molecular formula is C13H24N2O2. The van der Waals surface area contributed by atoms with Crippen molar-refractivity contribution in [1.82, 2.24) is 10.2 Å². The lowest BCUT2D eigenvalue weighted by molar-refractivity contribution is -0.131. The molecule has 1 saturated carbocycles. The minimum atomic E-state index is 0.210. The van der Waals surface area contributed by atoms with Crippen molar-refractivity contribution in [3.63, 3.8) is 0 Å². The third kappa shape index (κ3) is 3.96. The number of hydrogen-bond donors (Lipinski definition) is 1. The van der Waals surface area contributed by atoms with Crippen LogP contribution in [0, 0.1) is 5.92 Å². The van der Waals surface area contributed by atoms with E-state index in [1.165, 1.54) is 25.7 Å².